The van der Waals surface area contributed by atoms with Crippen LogP contribution in [0, 0.1) is 0 Å². The first-order valence-electron chi connectivity index (χ1n) is 6.07. The molecule has 0 aliphatic carbocycles. The molecule has 4 heteroatoms. The maximum absolute atomic E-state index is 11.1. The quantitative estimate of drug-likeness (QED) is 0.662. The van der Waals surface area contributed by atoms with Gasteiger partial charge in [-0.05, 0) is 17.7 Å². The Morgan fingerprint density at radius 1 is 1.21 bits per heavy atom. The highest BCUT2D eigenvalue weighted by Gasteiger charge is 2.08. The van der Waals surface area contributed by atoms with E-state index in [1.54, 1.807) is 24.4 Å². The third-order valence-corrected chi connectivity index (χ3v) is 2.78. The van der Waals surface area contributed by atoms with Crippen molar-refractivity contribution >= 4 is 31.2 Å². The average molecular weight is 251 g/mol. The number of carboxylic acid groups (broad SMARTS) is 1. The third-order valence-electron chi connectivity index (χ3n) is 2.78. The third kappa shape index (κ3) is 3.55. The number of benzene rings is 2. The molecule has 0 aromatic heterocycles. The number of carbonyl (C=O) groups is 1. The molecule has 0 heterocycles. The second-order valence-corrected chi connectivity index (χ2v) is 4.33. The summed E-state index contributed by atoms with van der Waals surface area (Å²) in [7, 11) is 1.92. The number of hydrogen-bond donors (Lipinski definition) is 1. The van der Waals surface area contributed by atoms with Crippen LogP contribution in [0.25, 0.3) is 0 Å². The first-order valence-corrected chi connectivity index (χ1v) is 6.07. The summed E-state index contributed by atoms with van der Waals surface area (Å²) < 4.78 is 0. The molecule has 0 atom stereocenters. The zero-order valence-corrected chi connectivity index (χ0v) is 10.7. The topological polar surface area (TPSA) is 49.7 Å². The van der Waals surface area contributed by atoms with E-state index < -0.39 is 5.97 Å². The van der Waals surface area contributed by atoms with E-state index in [4.69, 9.17) is 5.11 Å². The largest absolute Gasteiger partial charge is 0.478 e. The van der Waals surface area contributed by atoms with Crippen molar-refractivity contribution in [3.63, 3.8) is 0 Å². The van der Waals surface area contributed by atoms with E-state index in [0.717, 1.165) is 11.0 Å². The van der Waals surface area contributed by atoms with Crippen molar-refractivity contribution < 1.29 is 9.90 Å². The number of carboxylic acids is 1. The number of nitrogens with zero attached hydrogens (tertiary/aromatic N) is 1. The lowest BCUT2D eigenvalue weighted by molar-refractivity contribution is 0.0698. The van der Waals surface area contributed by atoms with Gasteiger partial charge in [0, 0.05) is 12.6 Å². The number of rotatable bonds is 4. The van der Waals surface area contributed by atoms with E-state index >= 15 is 0 Å². The van der Waals surface area contributed by atoms with Gasteiger partial charge in [0.25, 0.3) is 0 Å². The highest BCUT2D eigenvalue weighted by Crippen LogP contribution is 2.17. The molecule has 0 amide bonds. The standard InChI is InChI=1S/C15H14BNO2/c16-12-6-7-13(15(18)19)14(10-12)17-9-8-11-4-2-1-3-5-11/h1-7,9-10H,8,16H2,(H,18,19)/b17-9+. The Balaban J connectivity index is 2.18. The SMILES string of the molecule is Bc1ccc(C(=O)O)c(/N=C/Cc2ccccc2)c1. The molecule has 94 valence electrons. The van der Waals surface area contributed by atoms with Crippen molar-refractivity contribution in [1.82, 2.24) is 0 Å². The molecule has 0 bridgehead atoms. The van der Waals surface area contributed by atoms with Crippen LogP contribution in [-0.4, -0.2) is 25.1 Å². The lowest BCUT2D eigenvalue weighted by Gasteiger charge is -2.02. The van der Waals surface area contributed by atoms with Gasteiger partial charge in [0.05, 0.1) is 11.3 Å². The maximum Gasteiger partial charge on any atom is 0.337 e. The minimum Gasteiger partial charge on any atom is -0.478 e. The van der Waals surface area contributed by atoms with Gasteiger partial charge in [0.1, 0.15) is 7.85 Å². The van der Waals surface area contributed by atoms with E-state index in [-0.39, 0.29) is 5.56 Å². The molecule has 0 saturated heterocycles. The summed E-state index contributed by atoms with van der Waals surface area (Å²) >= 11 is 0. The molecule has 0 aliphatic rings. The predicted molar refractivity (Wildman–Crippen MR) is 79.9 cm³/mol. The molecule has 2 rings (SSSR count). The number of aliphatic imine (C=N–C) groups is 1. The van der Waals surface area contributed by atoms with E-state index in [2.05, 4.69) is 4.99 Å². The molecule has 2 aromatic rings. The Morgan fingerprint density at radius 3 is 2.63 bits per heavy atom. The predicted octanol–water partition coefficient (Wildman–Crippen LogP) is 1.59. The maximum atomic E-state index is 11.1. The highest BCUT2D eigenvalue weighted by molar-refractivity contribution is 6.32. The molecular weight excluding hydrogens is 237 g/mol. The van der Waals surface area contributed by atoms with Crippen LogP contribution in [0.5, 0.6) is 0 Å². The molecule has 0 fully saturated rings. The molecule has 1 N–H and O–H groups in total. The van der Waals surface area contributed by atoms with E-state index in [9.17, 15) is 4.79 Å². The van der Waals surface area contributed by atoms with Gasteiger partial charge in [0.2, 0.25) is 0 Å². The van der Waals surface area contributed by atoms with Gasteiger partial charge in [-0.15, -0.1) is 0 Å². The Labute approximate surface area is 113 Å². The average Bonchev–Trinajstić information content (AvgIpc) is 2.39. The second kappa shape index (κ2) is 6.00. The Morgan fingerprint density at radius 2 is 1.95 bits per heavy atom. The van der Waals surface area contributed by atoms with Crippen LogP contribution in [0.4, 0.5) is 5.69 Å². The molecule has 0 unspecified atom stereocenters. The number of aromatic carboxylic acids is 1. The van der Waals surface area contributed by atoms with Gasteiger partial charge in [-0.2, -0.15) is 0 Å². The lowest BCUT2D eigenvalue weighted by Crippen LogP contribution is -2.05. The molecular formula is C15H14BNO2. The first-order chi connectivity index (χ1) is 9.16. The van der Waals surface area contributed by atoms with Crippen molar-refractivity contribution in [2.24, 2.45) is 4.99 Å². The molecule has 19 heavy (non-hydrogen) atoms. The van der Waals surface area contributed by atoms with E-state index in [0.29, 0.717) is 12.1 Å². The van der Waals surface area contributed by atoms with Crippen molar-refractivity contribution in [2.75, 3.05) is 0 Å². The van der Waals surface area contributed by atoms with Crippen molar-refractivity contribution in [1.29, 1.82) is 0 Å². The van der Waals surface area contributed by atoms with Gasteiger partial charge < -0.3 is 5.11 Å². The van der Waals surface area contributed by atoms with Crippen LogP contribution in [0.1, 0.15) is 15.9 Å². The summed E-state index contributed by atoms with van der Waals surface area (Å²) in [6.45, 7) is 0. The monoisotopic (exact) mass is 251 g/mol. The summed E-state index contributed by atoms with van der Waals surface area (Å²) in [5, 5.41) is 9.10. The van der Waals surface area contributed by atoms with Crippen LogP contribution in [0.2, 0.25) is 0 Å². The Hall–Kier alpha value is -2.36. The zero-order valence-electron chi connectivity index (χ0n) is 10.7. The zero-order chi connectivity index (χ0) is 13.7. The van der Waals surface area contributed by atoms with Crippen molar-refractivity contribution in [2.45, 2.75) is 6.42 Å². The number of hydrogen-bond acceptors (Lipinski definition) is 2. The Bertz CT molecular complexity index is 609. The van der Waals surface area contributed by atoms with Crippen LogP contribution < -0.4 is 5.46 Å². The normalized spacial score (nSPS) is 10.7. The lowest BCUT2D eigenvalue weighted by atomic mass is 9.94. The van der Waals surface area contributed by atoms with Crippen LogP contribution in [0.15, 0.2) is 53.5 Å². The van der Waals surface area contributed by atoms with Crippen LogP contribution >= 0.6 is 0 Å². The minimum atomic E-state index is -0.952. The van der Waals surface area contributed by atoms with Crippen molar-refractivity contribution in [3.8, 4) is 0 Å². The van der Waals surface area contributed by atoms with Gasteiger partial charge in [-0.25, -0.2) is 4.79 Å². The van der Waals surface area contributed by atoms with E-state index in [1.165, 1.54) is 0 Å². The summed E-state index contributed by atoms with van der Waals surface area (Å²) in [5.41, 5.74) is 2.88. The fraction of sp³-hybridized carbons (Fsp3) is 0.0667. The molecule has 0 spiro atoms. The molecule has 3 nitrogen and oxygen atoms in total. The molecule has 0 radical (unpaired) electrons. The molecule has 2 aromatic carbocycles. The van der Waals surface area contributed by atoms with Gasteiger partial charge >= 0.3 is 5.97 Å². The van der Waals surface area contributed by atoms with Gasteiger partial charge in [-0.1, -0.05) is 41.9 Å². The summed E-state index contributed by atoms with van der Waals surface area (Å²) in [5.74, 6) is -0.952. The first kappa shape index (κ1) is 13.1. The molecule has 0 saturated carbocycles. The van der Waals surface area contributed by atoms with Crippen molar-refractivity contribution in [3.05, 3.63) is 59.7 Å². The van der Waals surface area contributed by atoms with Gasteiger partial charge in [-0.3, -0.25) is 4.99 Å². The summed E-state index contributed by atoms with van der Waals surface area (Å²) in [4.78, 5) is 15.4. The smallest absolute Gasteiger partial charge is 0.337 e. The summed E-state index contributed by atoms with van der Waals surface area (Å²) in [6, 6.07) is 15.1. The van der Waals surface area contributed by atoms with E-state index in [1.807, 2.05) is 38.2 Å². The fourth-order valence-electron chi connectivity index (χ4n) is 1.79. The second-order valence-electron chi connectivity index (χ2n) is 4.33. The fourth-order valence-corrected chi connectivity index (χ4v) is 1.79. The van der Waals surface area contributed by atoms with Crippen LogP contribution in [-0.2, 0) is 6.42 Å². The highest BCUT2D eigenvalue weighted by atomic mass is 16.4. The van der Waals surface area contributed by atoms with Gasteiger partial charge in [0.15, 0.2) is 0 Å². The van der Waals surface area contributed by atoms with Crippen LogP contribution in [0.3, 0.4) is 0 Å². The summed E-state index contributed by atoms with van der Waals surface area (Å²) in [6.07, 6.45) is 2.43. The molecule has 0 aliphatic heterocycles. The minimum absolute atomic E-state index is 0.231. The Kier molecular flexibility index (Phi) is 4.13.